The van der Waals surface area contributed by atoms with Crippen molar-refractivity contribution in [3.63, 3.8) is 0 Å². The number of hydrogen-bond acceptors (Lipinski definition) is 4. The van der Waals surface area contributed by atoms with Crippen LogP contribution in [0.2, 0.25) is 0 Å². The third kappa shape index (κ3) is 6.79. The Morgan fingerprint density at radius 2 is 2.05 bits per heavy atom. The summed E-state index contributed by atoms with van der Waals surface area (Å²) in [5.41, 5.74) is 0.715. The van der Waals surface area contributed by atoms with E-state index in [9.17, 15) is 14.7 Å². The lowest BCUT2D eigenvalue weighted by atomic mass is 9.96. The molecule has 21 heavy (non-hydrogen) atoms. The van der Waals surface area contributed by atoms with Gasteiger partial charge in [-0.3, -0.25) is 9.59 Å². The van der Waals surface area contributed by atoms with Crippen molar-refractivity contribution in [3.05, 3.63) is 29.8 Å². The van der Waals surface area contributed by atoms with E-state index in [1.165, 1.54) is 12.1 Å². The van der Waals surface area contributed by atoms with Gasteiger partial charge in [0.15, 0.2) is 0 Å². The second-order valence-corrected chi connectivity index (χ2v) is 5.04. The van der Waals surface area contributed by atoms with E-state index in [1.54, 1.807) is 12.1 Å². The average Bonchev–Trinajstić information content (AvgIpc) is 2.42. The fraction of sp³-hybridized carbons (Fsp3) is 0.500. The first-order valence-electron chi connectivity index (χ1n) is 7.19. The molecule has 0 aliphatic rings. The molecule has 0 aromatic heterocycles. The van der Waals surface area contributed by atoms with Crippen LogP contribution in [0.3, 0.4) is 0 Å². The maximum Gasteiger partial charge on any atom is 0.309 e. The lowest BCUT2D eigenvalue weighted by Crippen LogP contribution is -2.23. The first-order valence-corrected chi connectivity index (χ1v) is 7.19. The standard InChI is InChI=1S/C16H22O5/c1-2-3-4-8-21-16(20)13(11-15(18)19)9-12-6-5-7-14(17)10-12/h5-7,10,13,17H,2-4,8-9,11H2,1H3,(H,18,19). The van der Waals surface area contributed by atoms with Gasteiger partial charge in [-0.2, -0.15) is 0 Å². The van der Waals surface area contributed by atoms with Crippen LogP contribution in [0.5, 0.6) is 5.75 Å². The van der Waals surface area contributed by atoms with Gasteiger partial charge in [0.1, 0.15) is 5.75 Å². The van der Waals surface area contributed by atoms with E-state index in [0.29, 0.717) is 12.2 Å². The Hall–Kier alpha value is -2.04. The van der Waals surface area contributed by atoms with Crippen LogP contribution in [-0.2, 0) is 20.7 Å². The molecule has 0 saturated heterocycles. The number of carboxylic acids is 1. The van der Waals surface area contributed by atoms with Crippen LogP contribution in [0.15, 0.2) is 24.3 Å². The minimum Gasteiger partial charge on any atom is -0.508 e. The molecule has 0 aliphatic carbocycles. The number of phenols is 1. The monoisotopic (exact) mass is 294 g/mol. The highest BCUT2D eigenvalue weighted by Crippen LogP contribution is 2.18. The van der Waals surface area contributed by atoms with Gasteiger partial charge in [-0.1, -0.05) is 31.9 Å². The Balaban J connectivity index is 2.62. The number of unbranched alkanes of at least 4 members (excludes halogenated alkanes) is 2. The number of carbonyl (C=O) groups is 2. The Bertz CT molecular complexity index is 469. The molecule has 5 nitrogen and oxygen atoms in total. The number of carbonyl (C=O) groups excluding carboxylic acids is 1. The van der Waals surface area contributed by atoms with E-state index in [2.05, 4.69) is 6.92 Å². The van der Waals surface area contributed by atoms with Crippen LogP contribution in [0, 0.1) is 5.92 Å². The molecular formula is C16H22O5. The molecule has 0 spiro atoms. The zero-order valence-corrected chi connectivity index (χ0v) is 12.2. The van der Waals surface area contributed by atoms with Crippen LogP contribution in [0.4, 0.5) is 0 Å². The first kappa shape index (κ1) is 17.0. The van der Waals surface area contributed by atoms with E-state index in [4.69, 9.17) is 9.84 Å². The van der Waals surface area contributed by atoms with E-state index in [0.717, 1.165) is 19.3 Å². The Labute approximate surface area is 124 Å². The number of carboxylic acid groups (broad SMARTS) is 1. The zero-order chi connectivity index (χ0) is 15.7. The van der Waals surface area contributed by atoms with Crippen molar-refractivity contribution >= 4 is 11.9 Å². The maximum absolute atomic E-state index is 12.0. The van der Waals surface area contributed by atoms with Crippen LogP contribution in [0.1, 0.15) is 38.2 Å². The van der Waals surface area contributed by atoms with Gasteiger partial charge in [0.2, 0.25) is 0 Å². The van der Waals surface area contributed by atoms with Gasteiger partial charge in [0, 0.05) is 0 Å². The smallest absolute Gasteiger partial charge is 0.309 e. The lowest BCUT2D eigenvalue weighted by molar-refractivity contribution is -0.153. The van der Waals surface area contributed by atoms with Crippen LogP contribution in [0.25, 0.3) is 0 Å². The van der Waals surface area contributed by atoms with Gasteiger partial charge >= 0.3 is 11.9 Å². The molecular weight excluding hydrogens is 272 g/mol. The second-order valence-electron chi connectivity index (χ2n) is 5.04. The number of aliphatic carboxylic acids is 1. The SMILES string of the molecule is CCCCCOC(=O)C(CC(=O)O)Cc1cccc(O)c1. The number of esters is 1. The summed E-state index contributed by atoms with van der Waals surface area (Å²) >= 11 is 0. The molecule has 0 radical (unpaired) electrons. The van der Waals surface area contributed by atoms with Gasteiger partial charge < -0.3 is 14.9 Å². The Morgan fingerprint density at radius 1 is 1.29 bits per heavy atom. The van der Waals surface area contributed by atoms with Gasteiger partial charge in [-0.05, 0) is 30.5 Å². The summed E-state index contributed by atoms with van der Waals surface area (Å²) in [6.07, 6.45) is 2.76. The molecule has 1 unspecified atom stereocenters. The van der Waals surface area contributed by atoms with Crippen molar-refractivity contribution in [2.75, 3.05) is 6.61 Å². The van der Waals surface area contributed by atoms with Crippen molar-refractivity contribution in [1.29, 1.82) is 0 Å². The molecule has 0 bridgehead atoms. The molecule has 0 saturated carbocycles. The summed E-state index contributed by atoms with van der Waals surface area (Å²) in [5.74, 6) is -2.16. The summed E-state index contributed by atoms with van der Waals surface area (Å²) < 4.78 is 5.14. The number of benzene rings is 1. The van der Waals surface area contributed by atoms with Gasteiger partial charge in [-0.15, -0.1) is 0 Å². The summed E-state index contributed by atoms with van der Waals surface area (Å²) in [7, 11) is 0. The summed E-state index contributed by atoms with van der Waals surface area (Å²) in [5, 5.41) is 18.3. The average molecular weight is 294 g/mol. The minimum atomic E-state index is -1.04. The molecule has 2 N–H and O–H groups in total. The van der Waals surface area contributed by atoms with Crippen molar-refractivity contribution in [2.45, 2.75) is 39.0 Å². The first-order chi connectivity index (χ1) is 10.0. The molecule has 0 aliphatic heterocycles. The fourth-order valence-corrected chi connectivity index (χ4v) is 2.06. The predicted octanol–water partition coefficient (Wildman–Crippen LogP) is 2.76. The molecule has 1 aromatic rings. The van der Waals surface area contributed by atoms with Crippen molar-refractivity contribution in [2.24, 2.45) is 5.92 Å². The van der Waals surface area contributed by atoms with Gasteiger partial charge in [-0.25, -0.2) is 0 Å². The van der Waals surface area contributed by atoms with Crippen LogP contribution in [-0.4, -0.2) is 28.8 Å². The Morgan fingerprint density at radius 3 is 2.67 bits per heavy atom. The molecule has 116 valence electrons. The van der Waals surface area contributed by atoms with Crippen molar-refractivity contribution < 1.29 is 24.5 Å². The highest BCUT2D eigenvalue weighted by Gasteiger charge is 2.23. The van der Waals surface area contributed by atoms with Crippen molar-refractivity contribution in [3.8, 4) is 5.75 Å². The molecule has 1 atom stereocenters. The highest BCUT2D eigenvalue weighted by atomic mass is 16.5. The van der Waals surface area contributed by atoms with E-state index in [-0.39, 0.29) is 18.6 Å². The summed E-state index contributed by atoms with van der Waals surface area (Å²) in [6.45, 7) is 2.37. The number of aromatic hydroxyl groups is 1. The quantitative estimate of drug-likeness (QED) is 0.540. The summed E-state index contributed by atoms with van der Waals surface area (Å²) in [6, 6.07) is 6.46. The highest BCUT2D eigenvalue weighted by molar-refractivity contribution is 5.79. The van der Waals surface area contributed by atoms with Gasteiger partial charge in [0.25, 0.3) is 0 Å². The minimum absolute atomic E-state index is 0.0953. The number of rotatable bonds is 9. The summed E-state index contributed by atoms with van der Waals surface area (Å²) in [4.78, 5) is 22.9. The van der Waals surface area contributed by atoms with E-state index < -0.39 is 17.9 Å². The largest absolute Gasteiger partial charge is 0.508 e. The predicted molar refractivity (Wildman–Crippen MR) is 78.0 cm³/mol. The molecule has 0 fully saturated rings. The van der Waals surface area contributed by atoms with Crippen LogP contribution >= 0.6 is 0 Å². The topological polar surface area (TPSA) is 83.8 Å². The lowest BCUT2D eigenvalue weighted by Gasteiger charge is -2.14. The van der Waals surface area contributed by atoms with E-state index >= 15 is 0 Å². The molecule has 1 rings (SSSR count). The second kappa shape index (κ2) is 9.00. The third-order valence-corrected chi connectivity index (χ3v) is 3.14. The van der Waals surface area contributed by atoms with Crippen molar-refractivity contribution in [1.82, 2.24) is 0 Å². The van der Waals surface area contributed by atoms with Crippen LogP contribution < -0.4 is 0 Å². The zero-order valence-electron chi connectivity index (χ0n) is 12.2. The normalized spacial score (nSPS) is 11.9. The number of hydrogen-bond donors (Lipinski definition) is 2. The molecule has 5 heteroatoms. The van der Waals surface area contributed by atoms with Gasteiger partial charge in [0.05, 0.1) is 18.9 Å². The molecule has 1 aromatic carbocycles. The number of ether oxygens (including phenoxy) is 1. The third-order valence-electron chi connectivity index (χ3n) is 3.14. The maximum atomic E-state index is 12.0. The number of phenolic OH excluding ortho intramolecular Hbond substituents is 1. The fourth-order valence-electron chi connectivity index (χ4n) is 2.06. The van der Waals surface area contributed by atoms with E-state index in [1.807, 2.05) is 0 Å². The molecule has 0 amide bonds. The molecule has 0 heterocycles. The Kier molecular flexibility index (Phi) is 7.29.